The van der Waals surface area contributed by atoms with Crippen molar-refractivity contribution < 1.29 is 14.3 Å². The first-order valence-corrected chi connectivity index (χ1v) is 6.21. The lowest BCUT2D eigenvalue weighted by Crippen LogP contribution is -2.12. The molecule has 0 atom stereocenters. The minimum Gasteiger partial charge on any atom is -0.493 e. The zero-order valence-corrected chi connectivity index (χ0v) is 11.5. The summed E-state index contributed by atoms with van der Waals surface area (Å²) in [6.07, 6.45) is 0.897. The van der Waals surface area contributed by atoms with Crippen molar-refractivity contribution in [1.29, 1.82) is 0 Å². The fraction of sp³-hybridized carbons (Fsp3) is 0.500. The first kappa shape index (κ1) is 14.4. The molecule has 0 aliphatic carbocycles. The lowest BCUT2D eigenvalue weighted by atomic mass is 10.1. The maximum absolute atomic E-state index is 11.8. The summed E-state index contributed by atoms with van der Waals surface area (Å²) < 4.78 is 10.6. The van der Waals surface area contributed by atoms with Crippen molar-refractivity contribution in [3.63, 3.8) is 0 Å². The van der Waals surface area contributed by atoms with Gasteiger partial charge in [0.15, 0.2) is 0 Å². The normalized spacial score (nSPS) is 10.0. The Morgan fingerprint density at radius 3 is 2.56 bits per heavy atom. The molecule has 0 saturated carbocycles. The molecule has 1 rings (SSSR count). The summed E-state index contributed by atoms with van der Waals surface area (Å²) in [7, 11) is 3.89. The van der Waals surface area contributed by atoms with Crippen molar-refractivity contribution in [2.45, 2.75) is 20.3 Å². The molecule has 0 aliphatic rings. The highest BCUT2D eigenvalue weighted by molar-refractivity contribution is 5.93. The molecule has 100 valence electrons. The molecule has 0 fully saturated rings. The molecule has 0 aromatic heterocycles. The molecule has 0 bridgehead atoms. The molecule has 0 heterocycles. The smallest absolute Gasteiger partial charge is 0.341 e. The van der Waals surface area contributed by atoms with Crippen LogP contribution in [0.1, 0.15) is 30.6 Å². The van der Waals surface area contributed by atoms with Gasteiger partial charge in [0.2, 0.25) is 0 Å². The van der Waals surface area contributed by atoms with E-state index in [0.717, 1.165) is 12.1 Å². The van der Waals surface area contributed by atoms with E-state index in [-0.39, 0.29) is 5.97 Å². The standard InChI is InChI=1S/C14H21NO3/c1-5-9-18-13-10-11(15(3)4)7-8-12(13)14(16)17-6-2/h7-8,10H,5-6,9H2,1-4H3. The van der Waals surface area contributed by atoms with Crippen molar-refractivity contribution in [3.8, 4) is 5.75 Å². The predicted octanol–water partition coefficient (Wildman–Crippen LogP) is 2.72. The Hall–Kier alpha value is -1.71. The van der Waals surface area contributed by atoms with Crippen LogP contribution in [-0.2, 0) is 4.74 Å². The van der Waals surface area contributed by atoms with Crippen LogP contribution in [-0.4, -0.2) is 33.3 Å². The number of anilines is 1. The van der Waals surface area contributed by atoms with E-state index in [4.69, 9.17) is 9.47 Å². The molecule has 0 spiro atoms. The molecule has 0 amide bonds. The van der Waals surface area contributed by atoms with Crippen molar-refractivity contribution in [2.75, 3.05) is 32.2 Å². The van der Waals surface area contributed by atoms with Gasteiger partial charge in [0.1, 0.15) is 11.3 Å². The van der Waals surface area contributed by atoms with Crippen LogP contribution < -0.4 is 9.64 Å². The molecule has 0 radical (unpaired) electrons. The second kappa shape index (κ2) is 6.89. The molecule has 4 nitrogen and oxygen atoms in total. The number of ether oxygens (including phenoxy) is 2. The maximum Gasteiger partial charge on any atom is 0.341 e. The average molecular weight is 251 g/mol. The van der Waals surface area contributed by atoms with Crippen LogP contribution in [0.3, 0.4) is 0 Å². The third-order valence-electron chi connectivity index (χ3n) is 2.44. The minimum absolute atomic E-state index is 0.339. The molecule has 1 aromatic carbocycles. The summed E-state index contributed by atoms with van der Waals surface area (Å²) in [5.41, 5.74) is 1.48. The van der Waals surface area contributed by atoms with Gasteiger partial charge in [-0.25, -0.2) is 4.79 Å². The summed E-state index contributed by atoms with van der Waals surface area (Å²) in [6, 6.07) is 5.49. The van der Waals surface area contributed by atoms with E-state index >= 15 is 0 Å². The first-order chi connectivity index (χ1) is 8.60. The highest BCUT2D eigenvalue weighted by atomic mass is 16.5. The quantitative estimate of drug-likeness (QED) is 0.729. The van der Waals surface area contributed by atoms with Gasteiger partial charge in [-0.15, -0.1) is 0 Å². The van der Waals surface area contributed by atoms with Gasteiger partial charge in [-0.2, -0.15) is 0 Å². The summed E-state index contributed by atoms with van der Waals surface area (Å²) in [5.74, 6) is 0.246. The van der Waals surface area contributed by atoms with E-state index in [9.17, 15) is 4.79 Å². The van der Waals surface area contributed by atoms with Crippen LogP contribution in [0.25, 0.3) is 0 Å². The predicted molar refractivity (Wildman–Crippen MR) is 72.5 cm³/mol. The van der Waals surface area contributed by atoms with Gasteiger partial charge >= 0.3 is 5.97 Å². The van der Waals surface area contributed by atoms with E-state index in [0.29, 0.717) is 24.5 Å². The lowest BCUT2D eigenvalue weighted by molar-refractivity contribution is 0.0521. The van der Waals surface area contributed by atoms with Crippen LogP contribution in [0.15, 0.2) is 18.2 Å². The van der Waals surface area contributed by atoms with E-state index < -0.39 is 0 Å². The van der Waals surface area contributed by atoms with E-state index in [1.807, 2.05) is 38.1 Å². The number of esters is 1. The molecule has 1 aromatic rings. The molecule has 0 saturated heterocycles. The maximum atomic E-state index is 11.8. The van der Waals surface area contributed by atoms with Crippen LogP contribution in [0.4, 0.5) is 5.69 Å². The summed E-state index contributed by atoms with van der Waals surface area (Å²) in [6.45, 7) is 4.77. The largest absolute Gasteiger partial charge is 0.493 e. The van der Waals surface area contributed by atoms with Crippen LogP contribution >= 0.6 is 0 Å². The number of benzene rings is 1. The fourth-order valence-corrected chi connectivity index (χ4v) is 1.50. The van der Waals surface area contributed by atoms with Crippen molar-refractivity contribution in [1.82, 2.24) is 0 Å². The Bertz CT molecular complexity index is 402. The monoisotopic (exact) mass is 251 g/mol. The second-order valence-corrected chi connectivity index (χ2v) is 4.14. The molecule has 4 heteroatoms. The Morgan fingerprint density at radius 2 is 2.00 bits per heavy atom. The highest BCUT2D eigenvalue weighted by Crippen LogP contribution is 2.25. The zero-order chi connectivity index (χ0) is 13.5. The molecule has 0 N–H and O–H groups in total. The van der Waals surface area contributed by atoms with Gasteiger partial charge in [0.05, 0.1) is 13.2 Å². The van der Waals surface area contributed by atoms with Crippen LogP contribution in [0, 0.1) is 0 Å². The van der Waals surface area contributed by atoms with Crippen molar-refractivity contribution in [2.24, 2.45) is 0 Å². The second-order valence-electron chi connectivity index (χ2n) is 4.14. The van der Waals surface area contributed by atoms with Gasteiger partial charge in [0, 0.05) is 25.8 Å². The molecule has 18 heavy (non-hydrogen) atoms. The summed E-state index contributed by atoms with van der Waals surface area (Å²) >= 11 is 0. The minimum atomic E-state index is -0.339. The van der Waals surface area contributed by atoms with Gasteiger partial charge in [-0.1, -0.05) is 6.92 Å². The molecule has 0 aliphatic heterocycles. The number of nitrogens with zero attached hydrogens (tertiary/aromatic N) is 1. The van der Waals surface area contributed by atoms with Crippen molar-refractivity contribution >= 4 is 11.7 Å². The Balaban J connectivity index is 3.03. The van der Waals surface area contributed by atoms with Gasteiger partial charge in [-0.05, 0) is 25.5 Å². The Morgan fingerprint density at radius 1 is 1.28 bits per heavy atom. The van der Waals surface area contributed by atoms with E-state index in [1.54, 1.807) is 13.0 Å². The zero-order valence-electron chi connectivity index (χ0n) is 11.5. The van der Waals surface area contributed by atoms with Gasteiger partial charge < -0.3 is 14.4 Å². The highest BCUT2D eigenvalue weighted by Gasteiger charge is 2.14. The van der Waals surface area contributed by atoms with Crippen LogP contribution in [0.2, 0.25) is 0 Å². The third-order valence-corrected chi connectivity index (χ3v) is 2.44. The van der Waals surface area contributed by atoms with Crippen LogP contribution in [0.5, 0.6) is 5.75 Å². The fourth-order valence-electron chi connectivity index (χ4n) is 1.50. The van der Waals surface area contributed by atoms with E-state index in [2.05, 4.69) is 0 Å². The van der Waals surface area contributed by atoms with Gasteiger partial charge in [-0.3, -0.25) is 0 Å². The lowest BCUT2D eigenvalue weighted by Gasteiger charge is -2.16. The summed E-state index contributed by atoms with van der Waals surface area (Å²) in [4.78, 5) is 13.8. The first-order valence-electron chi connectivity index (χ1n) is 6.21. The van der Waals surface area contributed by atoms with E-state index in [1.165, 1.54) is 0 Å². The SMILES string of the molecule is CCCOc1cc(N(C)C)ccc1C(=O)OCC. The third kappa shape index (κ3) is 3.65. The number of hydrogen-bond donors (Lipinski definition) is 0. The number of rotatable bonds is 6. The number of carbonyl (C=O) groups excluding carboxylic acids is 1. The Kier molecular flexibility index (Phi) is 5.49. The number of carbonyl (C=O) groups is 1. The summed E-state index contributed by atoms with van der Waals surface area (Å²) in [5, 5.41) is 0. The molecule has 0 unspecified atom stereocenters. The van der Waals surface area contributed by atoms with Gasteiger partial charge in [0.25, 0.3) is 0 Å². The molecular formula is C14H21NO3. The number of hydrogen-bond acceptors (Lipinski definition) is 4. The van der Waals surface area contributed by atoms with Crippen molar-refractivity contribution in [3.05, 3.63) is 23.8 Å². The average Bonchev–Trinajstić information content (AvgIpc) is 2.36. The topological polar surface area (TPSA) is 38.8 Å². The molecular weight excluding hydrogens is 230 g/mol. The Labute approximate surface area is 108 Å².